The van der Waals surface area contributed by atoms with Crippen LogP contribution in [-0.4, -0.2) is 46.0 Å². The van der Waals surface area contributed by atoms with Gasteiger partial charge in [-0.25, -0.2) is 0 Å². The number of rotatable bonds is 7. The summed E-state index contributed by atoms with van der Waals surface area (Å²) in [6.07, 6.45) is 0. The minimum atomic E-state index is -0.503. The van der Waals surface area contributed by atoms with Crippen LogP contribution >= 0.6 is 23.4 Å². The Morgan fingerprint density at radius 1 is 1.17 bits per heavy atom. The van der Waals surface area contributed by atoms with Crippen LogP contribution in [-0.2, 0) is 14.3 Å². The lowest BCUT2D eigenvalue weighted by molar-refractivity contribution is -0.140. The summed E-state index contributed by atoms with van der Waals surface area (Å²) in [5.74, 6) is -0.0741. The molecular weight excluding hydrogens is 412 g/mol. The fraction of sp³-hybridized carbons (Fsp3) is 0.200. The molecule has 0 aliphatic carbocycles. The first-order valence-electron chi connectivity index (χ1n) is 8.72. The van der Waals surface area contributed by atoms with Gasteiger partial charge >= 0.3 is 5.97 Å². The molecule has 0 aliphatic heterocycles. The smallest absolute Gasteiger partial charge is 0.325 e. The molecule has 0 saturated heterocycles. The van der Waals surface area contributed by atoms with Gasteiger partial charge in [0.15, 0.2) is 11.0 Å². The van der Waals surface area contributed by atoms with E-state index in [4.69, 9.17) is 11.6 Å². The highest BCUT2D eigenvalue weighted by Gasteiger charge is 2.17. The number of methoxy groups -OCH3 is 1. The fourth-order valence-electron chi connectivity index (χ4n) is 2.57. The van der Waals surface area contributed by atoms with Crippen molar-refractivity contribution in [3.05, 3.63) is 59.1 Å². The third-order valence-corrected chi connectivity index (χ3v) is 5.17. The van der Waals surface area contributed by atoms with Crippen molar-refractivity contribution < 1.29 is 14.3 Å². The van der Waals surface area contributed by atoms with E-state index in [9.17, 15) is 9.59 Å². The predicted molar refractivity (Wildman–Crippen MR) is 112 cm³/mol. The number of ether oxygens (including phenoxy) is 1. The van der Waals surface area contributed by atoms with Gasteiger partial charge in [-0.05, 0) is 48.9 Å². The van der Waals surface area contributed by atoms with Crippen molar-refractivity contribution in [3.8, 4) is 17.1 Å². The van der Waals surface area contributed by atoms with E-state index in [2.05, 4.69) is 20.3 Å². The van der Waals surface area contributed by atoms with Crippen LogP contribution in [0.2, 0.25) is 5.02 Å². The molecule has 1 aromatic heterocycles. The second-order valence-corrected chi connectivity index (χ2v) is 7.51. The predicted octanol–water partition coefficient (Wildman–Crippen LogP) is 3.28. The average molecular weight is 431 g/mol. The van der Waals surface area contributed by atoms with Crippen molar-refractivity contribution in [2.45, 2.75) is 12.1 Å². The number of nitrogens with zero attached hydrogens (tertiary/aromatic N) is 3. The van der Waals surface area contributed by atoms with Crippen molar-refractivity contribution in [2.75, 3.05) is 19.4 Å². The maximum atomic E-state index is 12.0. The van der Waals surface area contributed by atoms with Crippen LogP contribution < -0.4 is 5.32 Å². The zero-order valence-corrected chi connectivity index (χ0v) is 17.5. The summed E-state index contributed by atoms with van der Waals surface area (Å²) < 4.78 is 6.41. The normalized spacial score (nSPS) is 10.6. The Kier molecular flexibility index (Phi) is 6.90. The molecule has 9 heteroatoms. The minimum Gasteiger partial charge on any atom is -0.468 e. The number of aryl methyl sites for hydroxylation is 1. The molecule has 7 nitrogen and oxygen atoms in total. The number of carbonyl (C=O) groups excluding carboxylic acids is 2. The van der Waals surface area contributed by atoms with E-state index in [1.54, 1.807) is 12.1 Å². The number of esters is 1. The number of halogens is 1. The summed E-state index contributed by atoms with van der Waals surface area (Å²) >= 11 is 7.24. The molecule has 0 aliphatic rings. The highest BCUT2D eigenvalue weighted by Crippen LogP contribution is 2.29. The molecular formula is C20H19ClN4O3S. The number of nitrogens with one attached hydrogen (secondary N) is 1. The molecule has 3 rings (SSSR count). The van der Waals surface area contributed by atoms with Gasteiger partial charge in [0.05, 0.1) is 12.9 Å². The number of thioether (sulfide) groups is 1. The molecule has 2 aromatic carbocycles. The van der Waals surface area contributed by atoms with E-state index < -0.39 is 5.97 Å². The van der Waals surface area contributed by atoms with Crippen LogP contribution in [0.3, 0.4) is 0 Å². The largest absolute Gasteiger partial charge is 0.468 e. The lowest BCUT2D eigenvalue weighted by Crippen LogP contribution is -2.31. The highest BCUT2D eigenvalue weighted by atomic mass is 35.5. The van der Waals surface area contributed by atoms with E-state index in [1.165, 1.54) is 18.9 Å². The topological polar surface area (TPSA) is 86.1 Å². The van der Waals surface area contributed by atoms with Gasteiger partial charge in [0.2, 0.25) is 5.91 Å². The number of hydrogen-bond donors (Lipinski definition) is 1. The summed E-state index contributed by atoms with van der Waals surface area (Å²) in [6, 6.07) is 15.3. The third kappa shape index (κ3) is 5.36. The zero-order valence-electron chi connectivity index (χ0n) is 15.9. The number of carbonyl (C=O) groups is 2. The highest BCUT2D eigenvalue weighted by molar-refractivity contribution is 7.99. The monoisotopic (exact) mass is 430 g/mol. The molecule has 150 valence electrons. The molecule has 0 atom stereocenters. The van der Waals surface area contributed by atoms with Gasteiger partial charge < -0.3 is 10.1 Å². The maximum Gasteiger partial charge on any atom is 0.325 e. The zero-order chi connectivity index (χ0) is 20.8. The second kappa shape index (κ2) is 9.58. The minimum absolute atomic E-state index is 0.0849. The standard InChI is InChI=1S/C20H19ClN4O3S/c1-13-4-3-5-16(10-13)25-19(14-6-8-15(21)9-7-14)23-24-20(25)29-12-17(26)22-11-18(27)28-2/h3-10H,11-12H2,1-2H3,(H,22,26). The van der Waals surface area contributed by atoms with Gasteiger partial charge in [-0.15, -0.1) is 10.2 Å². The first kappa shape index (κ1) is 20.9. The Morgan fingerprint density at radius 3 is 2.62 bits per heavy atom. The molecule has 0 radical (unpaired) electrons. The maximum absolute atomic E-state index is 12.0. The summed E-state index contributed by atoms with van der Waals surface area (Å²) in [7, 11) is 1.27. The fourth-order valence-corrected chi connectivity index (χ4v) is 3.48. The molecule has 3 aromatic rings. The Morgan fingerprint density at radius 2 is 1.93 bits per heavy atom. The van der Waals surface area contributed by atoms with Crippen LogP contribution in [0.1, 0.15) is 5.56 Å². The molecule has 0 unspecified atom stereocenters. The summed E-state index contributed by atoms with van der Waals surface area (Å²) in [5, 5.41) is 12.3. The lowest BCUT2D eigenvalue weighted by atomic mass is 10.2. The van der Waals surface area contributed by atoms with Crippen LogP contribution in [0.25, 0.3) is 17.1 Å². The van der Waals surface area contributed by atoms with Gasteiger partial charge in [-0.2, -0.15) is 0 Å². The summed E-state index contributed by atoms with van der Waals surface area (Å²) in [6.45, 7) is 1.83. The van der Waals surface area contributed by atoms with Crippen molar-refractivity contribution in [3.63, 3.8) is 0 Å². The number of hydrogen-bond acceptors (Lipinski definition) is 6. The Hall–Kier alpha value is -2.84. The van der Waals surface area contributed by atoms with Gasteiger partial charge in [-0.3, -0.25) is 14.2 Å². The van der Waals surface area contributed by atoms with E-state index >= 15 is 0 Å². The van der Waals surface area contributed by atoms with E-state index in [-0.39, 0.29) is 18.2 Å². The summed E-state index contributed by atoms with van der Waals surface area (Å²) in [5.41, 5.74) is 2.83. The molecule has 0 saturated carbocycles. The molecule has 1 N–H and O–H groups in total. The Balaban J connectivity index is 1.88. The molecule has 1 heterocycles. The van der Waals surface area contributed by atoms with Crippen LogP contribution in [0.5, 0.6) is 0 Å². The van der Waals surface area contributed by atoms with Gasteiger partial charge in [0.1, 0.15) is 6.54 Å². The van der Waals surface area contributed by atoms with Gasteiger partial charge in [-0.1, -0.05) is 35.5 Å². The quantitative estimate of drug-likeness (QED) is 0.457. The number of aromatic nitrogens is 3. The number of amides is 1. The first-order chi connectivity index (χ1) is 14.0. The number of benzene rings is 2. The molecule has 29 heavy (non-hydrogen) atoms. The van der Waals surface area contributed by atoms with Crippen molar-refractivity contribution in [1.82, 2.24) is 20.1 Å². The third-order valence-electron chi connectivity index (χ3n) is 3.99. The van der Waals surface area contributed by atoms with E-state index in [1.807, 2.05) is 47.9 Å². The van der Waals surface area contributed by atoms with Gasteiger partial charge in [0.25, 0.3) is 0 Å². The van der Waals surface area contributed by atoms with Crippen molar-refractivity contribution in [1.29, 1.82) is 0 Å². The SMILES string of the molecule is COC(=O)CNC(=O)CSc1nnc(-c2ccc(Cl)cc2)n1-c1cccc(C)c1. The molecule has 0 fully saturated rings. The Labute approximate surface area is 177 Å². The van der Waals surface area contributed by atoms with Crippen molar-refractivity contribution >= 4 is 35.2 Å². The lowest BCUT2D eigenvalue weighted by Gasteiger charge is -2.11. The van der Waals surface area contributed by atoms with E-state index in [0.29, 0.717) is 16.0 Å². The van der Waals surface area contributed by atoms with Gasteiger partial charge in [0, 0.05) is 16.3 Å². The average Bonchev–Trinajstić information content (AvgIpc) is 3.15. The molecule has 0 bridgehead atoms. The van der Waals surface area contributed by atoms with E-state index in [0.717, 1.165) is 16.8 Å². The van der Waals surface area contributed by atoms with Crippen LogP contribution in [0.4, 0.5) is 0 Å². The van der Waals surface area contributed by atoms with Crippen molar-refractivity contribution in [2.24, 2.45) is 0 Å². The molecule has 0 spiro atoms. The molecule has 1 amide bonds. The van der Waals surface area contributed by atoms with Crippen LogP contribution in [0, 0.1) is 6.92 Å². The summed E-state index contributed by atoms with van der Waals surface area (Å²) in [4.78, 5) is 23.2. The Bertz CT molecular complexity index is 1020. The first-order valence-corrected chi connectivity index (χ1v) is 10.1. The van der Waals surface area contributed by atoms with Crippen LogP contribution in [0.15, 0.2) is 53.7 Å². The second-order valence-electron chi connectivity index (χ2n) is 6.13.